The molecule has 36 heavy (non-hydrogen) atoms. The van der Waals surface area contributed by atoms with Gasteiger partial charge in [-0.05, 0) is 42.3 Å². The highest BCUT2D eigenvalue weighted by Crippen LogP contribution is 2.73. The molecule has 5 rings (SSSR count). The molecule has 8 nitrogen and oxygen atoms in total. The molecule has 1 aromatic heterocycles. The molecule has 0 amide bonds. The van der Waals surface area contributed by atoms with Gasteiger partial charge >= 0.3 is 12.5 Å². The van der Waals surface area contributed by atoms with Crippen molar-refractivity contribution in [1.82, 2.24) is 9.55 Å². The van der Waals surface area contributed by atoms with E-state index in [1.165, 1.54) is 22.1 Å². The van der Waals surface area contributed by atoms with Gasteiger partial charge in [-0.2, -0.15) is 0 Å². The van der Waals surface area contributed by atoms with E-state index in [0.29, 0.717) is 24.8 Å². The fraction of sp³-hybridized carbons (Fsp3) is 0.385. The molecule has 2 aliphatic rings. The highest BCUT2D eigenvalue weighted by Gasteiger charge is 2.46. The van der Waals surface area contributed by atoms with Gasteiger partial charge in [0.2, 0.25) is 0 Å². The zero-order valence-corrected chi connectivity index (χ0v) is 21.8. The molecule has 0 saturated carbocycles. The maximum atomic E-state index is 14.2. The summed E-state index contributed by atoms with van der Waals surface area (Å²) in [5.74, 6) is 0. The Morgan fingerprint density at radius 3 is 2.39 bits per heavy atom. The zero-order chi connectivity index (χ0) is 25.3. The molecule has 2 aromatic carbocycles. The zero-order valence-electron chi connectivity index (χ0n) is 20.1. The number of rotatable bonds is 6. The first-order valence-electron chi connectivity index (χ1n) is 12.1. The third-order valence-corrected chi connectivity index (χ3v) is 10.7. The molecule has 3 heterocycles. The maximum absolute atomic E-state index is 14.2. The molecule has 1 unspecified atom stereocenters. The third-order valence-electron chi connectivity index (χ3n) is 6.59. The summed E-state index contributed by atoms with van der Waals surface area (Å²) in [6.45, 7) is -0.0271. The average Bonchev–Trinajstić information content (AvgIpc) is 3.28. The van der Waals surface area contributed by atoms with Crippen LogP contribution in [-0.2, 0) is 18.3 Å². The van der Waals surface area contributed by atoms with Gasteiger partial charge in [-0.3, -0.25) is 23.4 Å². The van der Waals surface area contributed by atoms with Crippen LogP contribution in [0.25, 0.3) is 0 Å². The van der Waals surface area contributed by atoms with Crippen molar-refractivity contribution < 1.29 is 18.3 Å². The summed E-state index contributed by atoms with van der Waals surface area (Å²) in [7, 11) is 0. The number of hydrogen-bond acceptors (Lipinski definition) is 7. The minimum absolute atomic E-state index is 0.0707. The van der Waals surface area contributed by atoms with Crippen molar-refractivity contribution in [3.05, 3.63) is 104 Å². The average molecular weight is 529 g/mol. The van der Waals surface area contributed by atoms with E-state index in [1.54, 1.807) is 6.92 Å². The maximum Gasteiger partial charge on any atom is 0.390 e. The number of aromatic amines is 1. The summed E-state index contributed by atoms with van der Waals surface area (Å²) >= 11 is 1.23. The Bertz CT molecular complexity index is 1310. The number of aromatic nitrogens is 2. The van der Waals surface area contributed by atoms with E-state index in [9.17, 15) is 14.2 Å². The van der Waals surface area contributed by atoms with Crippen molar-refractivity contribution in [3.63, 3.8) is 0 Å². The Labute approximate surface area is 213 Å². The molecule has 3 aromatic rings. The first-order chi connectivity index (χ1) is 17.3. The van der Waals surface area contributed by atoms with Gasteiger partial charge in [0.15, 0.2) is 0 Å². The number of nitrogens with one attached hydrogen (secondary N) is 1. The van der Waals surface area contributed by atoms with E-state index < -0.39 is 30.4 Å². The van der Waals surface area contributed by atoms with Crippen LogP contribution < -0.4 is 11.2 Å². The highest BCUT2D eigenvalue weighted by atomic mass is 32.7. The normalized spacial score (nSPS) is 30.3. The lowest BCUT2D eigenvalue weighted by molar-refractivity contribution is -0.0204. The topological polar surface area (TPSA) is 99.6 Å². The summed E-state index contributed by atoms with van der Waals surface area (Å²) in [4.78, 5) is 26.6. The molecule has 0 aliphatic carbocycles. The Morgan fingerprint density at radius 2 is 1.72 bits per heavy atom. The fourth-order valence-electron chi connectivity index (χ4n) is 4.71. The minimum atomic E-state index is -3.61. The summed E-state index contributed by atoms with van der Waals surface area (Å²) < 4.78 is 34.1. The van der Waals surface area contributed by atoms with Gasteiger partial charge in [-0.15, -0.1) is 0 Å². The van der Waals surface area contributed by atoms with Crippen LogP contribution in [0.3, 0.4) is 0 Å². The van der Waals surface area contributed by atoms with E-state index in [4.69, 9.17) is 13.8 Å². The second-order valence-corrected chi connectivity index (χ2v) is 13.2. The third kappa shape index (κ3) is 5.31. The monoisotopic (exact) mass is 528 g/mol. The number of benzene rings is 2. The summed E-state index contributed by atoms with van der Waals surface area (Å²) in [5, 5.41) is -0.0707. The molecule has 2 aliphatic heterocycles. The van der Waals surface area contributed by atoms with E-state index in [1.807, 2.05) is 67.6 Å². The lowest BCUT2D eigenvalue weighted by Crippen LogP contribution is -2.33. The molecule has 10 heteroatoms. The quantitative estimate of drug-likeness (QED) is 0.412. The van der Waals surface area contributed by atoms with Gasteiger partial charge in [0.05, 0.1) is 18.3 Å². The van der Waals surface area contributed by atoms with Crippen LogP contribution in [0.1, 0.15) is 60.5 Å². The van der Waals surface area contributed by atoms with Crippen molar-refractivity contribution in [3.8, 4) is 0 Å². The van der Waals surface area contributed by atoms with Gasteiger partial charge in [0, 0.05) is 23.4 Å². The van der Waals surface area contributed by atoms with E-state index in [0.717, 1.165) is 11.1 Å². The van der Waals surface area contributed by atoms with Crippen LogP contribution >= 0.6 is 18.2 Å². The van der Waals surface area contributed by atoms with Crippen LogP contribution in [0, 0.1) is 6.92 Å². The smallest absolute Gasteiger partial charge is 0.352 e. The fourth-order valence-corrected chi connectivity index (χ4v) is 9.28. The summed E-state index contributed by atoms with van der Waals surface area (Å²) in [5.41, 5.74) is 1.45. The van der Waals surface area contributed by atoms with Gasteiger partial charge in [0.25, 0.3) is 5.56 Å². The van der Waals surface area contributed by atoms with Crippen molar-refractivity contribution in [1.29, 1.82) is 0 Å². The molecule has 1 N–H and O–H groups in total. The Balaban J connectivity index is 1.41. The van der Waals surface area contributed by atoms with E-state index in [2.05, 4.69) is 4.98 Å². The van der Waals surface area contributed by atoms with Gasteiger partial charge in [0.1, 0.15) is 6.23 Å². The Hall–Kier alpha value is -2.42. The number of hydrogen-bond donors (Lipinski definition) is 1. The predicted octanol–water partition coefficient (Wildman–Crippen LogP) is 5.67. The lowest BCUT2D eigenvalue weighted by atomic mass is 10.0. The van der Waals surface area contributed by atoms with E-state index >= 15 is 0 Å². The summed E-state index contributed by atoms with van der Waals surface area (Å²) in [6.07, 6.45) is 1.13. The van der Waals surface area contributed by atoms with Gasteiger partial charge in [-0.25, -0.2) is 9.36 Å². The number of H-pyrrole nitrogens is 1. The highest BCUT2D eigenvalue weighted by molar-refractivity contribution is 8.55. The van der Waals surface area contributed by atoms with Crippen molar-refractivity contribution in [2.45, 2.75) is 62.9 Å². The van der Waals surface area contributed by atoms with Crippen molar-refractivity contribution in [2.75, 3.05) is 0 Å². The molecule has 0 spiro atoms. The Kier molecular flexibility index (Phi) is 7.37. The van der Waals surface area contributed by atoms with Crippen LogP contribution in [0.2, 0.25) is 0 Å². The second-order valence-electron chi connectivity index (χ2n) is 9.09. The van der Waals surface area contributed by atoms with Crippen LogP contribution in [0.5, 0.6) is 0 Å². The molecule has 0 bridgehead atoms. The molecule has 6 atom stereocenters. The van der Waals surface area contributed by atoms with Crippen LogP contribution in [0.15, 0.2) is 76.4 Å². The molecule has 190 valence electrons. The molecular formula is C26H29N2O6PS. The number of aryl methyl sites for hydroxylation is 1. The Morgan fingerprint density at radius 1 is 1.06 bits per heavy atom. The van der Waals surface area contributed by atoms with Crippen LogP contribution in [-0.4, -0.2) is 21.8 Å². The SMILES string of the molecule is CC[C@H]1O[C@@H](n2cc(C)c(=O)[nH]c2=O)C[C@@H]1OP1(=O)O[C@@H](c2ccccc2)C[C@H](c2ccccc2)S1. The first-order valence-corrected chi connectivity index (χ1v) is 15.1. The first kappa shape index (κ1) is 25.2. The standard InChI is InChI=1S/C26H29N2O6PS/c1-3-20-22(15-24(32-20)28-16-17(2)25(29)27-26(28)30)34-35(31)33-21(18-10-6-4-7-11-18)14-23(36-35)19-12-8-5-9-13-19/h4-13,16,20-24H,3,14-15H2,1-2H3,(H,27,29,30)/t20-,21-,22+,23-,24-,35?/m1/s1. The predicted molar refractivity (Wildman–Crippen MR) is 139 cm³/mol. The second kappa shape index (κ2) is 10.5. The molecule has 0 radical (unpaired) electrons. The van der Waals surface area contributed by atoms with Crippen molar-refractivity contribution >= 4 is 18.2 Å². The van der Waals surface area contributed by atoms with E-state index in [-0.39, 0.29) is 17.5 Å². The van der Waals surface area contributed by atoms with Crippen molar-refractivity contribution in [2.24, 2.45) is 0 Å². The van der Waals surface area contributed by atoms with Gasteiger partial charge in [-0.1, -0.05) is 67.6 Å². The largest absolute Gasteiger partial charge is 0.390 e. The molecule has 2 saturated heterocycles. The number of nitrogens with zero attached hydrogens (tertiary/aromatic N) is 1. The molecular weight excluding hydrogens is 499 g/mol. The molecule has 2 fully saturated rings. The van der Waals surface area contributed by atoms with Gasteiger partial charge < -0.3 is 4.74 Å². The number of ether oxygens (including phenoxy) is 1. The lowest BCUT2D eigenvalue weighted by Gasteiger charge is -2.36. The summed E-state index contributed by atoms with van der Waals surface area (Å²) in [6, 6.07) is 19.7. The van der Waals surface area contributed by atoms with Crippen LogP contribution in [0.4, 0.5) is 0 Å². The minimum Gasteiger partial charge on any atom is -0.352 e.